The van der Waals surface area contributed by atoms with Gasteiger partial charge in [-0.25, -0.2) is 8.78 Å². The average Bonchev–Trinajstić information content (AvgIpc) is 2.72. The third kappa shape index (κ3) is 3.98. The van der Waals surface area contributed by atoms with Crippen LogP contribution in [-0.4, -0.2) is 21.7 Å². The Labute approximate surface area is 164 Å². The molecule has 0 fully saturated rings. The number of anilines is 1. The van der Waals surface area contributed by atoms with Gasteiger partial charge in [-0.2, -0.15) is 0 Å². The number of ketones is 1. The summed E-state index contributed by atoms with van der Waals surface area (Å²) in [5, 5.41) is 2.48. The van der Waals surface area contributed by atoms with Crippen molar-refractivity contribution >= 4 is 28.4 Å². The van der Waals surface area contributed by atoms with Gasteiger partial charge in [0.1, 0.15) is 11.6 Å². The predicted octanol–water partition coefficient (Wildman–Crippen LogP) is 4.39. The number of hydrogen-bond donors (Lipinski definition) is 1. The molecule has 0 bridgehead atoms. The van der Waals surface area contributed by atoms with Gasteiger partial charge in [0.05, 0.1) is 11.0 Å². The predicted molar refractivity (Wildman–Crippen MR) is 104 cm³/mol. The van der Waals surface area contributed by atoms with Crippen LogP contribution in [-0.2, 0) is 0 Å². The Morgan fingerprint density at radius 1 is 0.724 bits per heavy atom. The van der Waals surface area contributed by atoms with Crippen molar-refractivity contribution in [2.24, 2.45) is 0 Å². The van der Waals surface area contributed by atoms with Crippen molar-refractivity contribution < 1.29 is 18.4 Å². The van der Waals surface area contributed by atoms with E-state index in [1.807, 2.05) is 0 Å². The van der Waals surface area contributed by atoms with Crippen molar-refractivity contribution in [3.63, 3.8) is 0 Å². The van der Waals surface area contributed by atoms with E-state index >= 15 is 0 Å². The Kier molecular flexibility index (Phi) is 4.78. The number of rotatable bonds is 4. The van der Waals surface area contributed by atoms with Crippen LogP contribution in [0.2, 0.25) is 0 Å². The molecule has 4 rings (SSSR count). The monoisotopic (exact) mass is 389 g/mol. The summed E-state index contributed by atoms with van der Waals surface area (Å²) in [7, 11) is 0. The molecule has 0 saturated carbocycles. The van der Waals surface area contributed by atoms with Gasteiger partial charge in [-0.1, -0.05) is 6.07 Å². The van der Waals surface area contributed by atoms with E-state index in [4.69, 9.17) is 0 Å². The number of nitrogens with zero attached hydrogens (tertiary/aromatic N) is 2. The molecule has 7 heteroatoms. The highest BCUT2D eigenvalue weighted by molar-refractivity contribution is 6.11. The van der Waals surface area contributed by atoms with Gasteiger partial charge in [0.15, 0.2) is 5.78 Å². The van der Waals surface area contributed by atoms with Gasteiger partial charge in [-0.15, -0.1) is 0 Å². The van der Waals surface area contributed by atoms with Crippen LogP contribution in [0.1, 0.15) is 26.3 Å². The van der Waals surface area contributed by atoms with E-state index in [1.54, 1.807) is 24.4 Å². The van der Waals surface area contributed by atoms with Crippen LogP contribution in [0.5, 0.6) is 0 Å². The van der Waals surface area contributed by atoms with Crippen LogP contribution in [0.3, 0.4) is 0 Å². The van der Waals surface area contributed by atoms with Crippen molar-refractivity contribution in [3.8, 4) is 0 Å². The molecule has 0 aliphatic carbocycles. The molecule has 1 aromatic heterocycles. The molecule has 1 heterocycles. The molecule has 1 amide bonds. The summed E-state index contributed by atoms with van der Waals surface area (Å²) < 4.78 is 27.4. The topological polar surface area (TPSA) is 72.0 Å². The minimum absolute atomic E-state index is 0.0581. The van der Waals surface area contributed by atoms with E-state index in [1.165, 1.54) is 30.5 Å². The lowest BCUT2D eigenvalue weighted by atomic mass is 10.0. The minimum Gasteiger partial charge on any atom is -0.322 e. The summed E-state index contributed by atoms with van der Waals surface area (Å²) in [6.07, 6.45) is 3.06. The molecule has 5 nitrogen and oxygen atoms in total. The van der Waals surface area contributed by atoms with Crippen molar-refractivity contribution in [2.75, 3.05) is 5.32 Å². The molecule has 1 N–H and O–H groups in total. The van der Waals surface area contributed by atoms with Gasteiger partial charge in [-0.3, -0.25) is 19.6 Å². The van der Waals surface area contributed by atoms with E-state index < -0.39 is 23.3 Å². The first kappa shape index (κ1) is 18.4. The highest BCUT2D eigenvalue weighted by atomic mass is 19.1. The SMILES string of the molecule is O=C(Nc1cc(F)cc(C(=O)c2ccc3nccnc3c2)c1)c1cccc(F)c1. The van der Waals surface area contributed by atoms with Crippen molar-refractivity contribution in [3.05, 3.63) is 101 Å². The maximum absolute atomic E-state index is 14.1. The Morgan fingerprint density at radius 3 is 2.28 bits per heavy atom. The maximum atomic E-state index is 14.1. The molecule has 4 aromatic rings. The summed E-state index contributed by atoms with van der Waals surface area (Å²) in [4.78, 5) is 33.4. The number of aromatic nitrogens is 2. The van der Waals surface area contributed by atoms with E-state index in [-0.39, 0.29) is 16.8 Å². The van der Waals surface area contributed by atoms with Gasteiger partial charge >= 0.3 is 0 Å². The molecule has 3 aromatic carbocycles. The zero-order valence-electron chi connectivity index (χ0n) is 14.9. The first-order valence-corrected chi connectivity index (χ1v) is 8.62. The highest BCUT2D eigenvalue weighted by Crippen LogP contribution is 2.20. The number of fused-ring (bicyclic) bond motifs is 1. The Morgan fingerprint density at radius 2 is 1.48 bits per heavy atom. The number of halogens is 2. The molecule has 29 heavy (non-hydrogen) atoms. The van der Waals surface area contributed by atoms with Crippen molar-refractivity contribution in [1.82, 2.24) is 9.97 Å². The smallest absolute Gasteiger partial charge is 0.255 e. The molecule has 0 aliphatic heterocycles. The first-order valence-electron chi connectivity index (χ1n) is 8.62. The van der Waals surface area contributed by atoms with Gasteiger partial charge in [0.2, 0.25) is 0 Å². The van der Waals surface area contributed by atoms with E-state index in [2.05, 4.69) is 15.3 Å². The van der Waals surface area contributed by atoms with Crippen LogP contribution in [0.4, 0.5) is 14.5 Å². The lowest BCUT2D eigenvalue weighted by molar-refractivity contribution is 0.102. The average molecular weight is 389 g/mol. The summed E-state index contributed by atoms with van der Waals surface area (Å²) in [6, 6.07) is 13.4. The number of benzene rings is 3. The highest BCUT2D eigenvalue weighted by Gasteiger charge is 2.14. The zero-order valence-corrected chi connectivity index (χ0v) is 14.9. The second-order valence-corrected chi connectivity index (χ2v) is 6.28. The minimum atomic E-state index is -0.689. The molecule has 142 valence electrons. The maximum Gasteiger partial charge on any atom is 0.255 e. The fraction of sp³-hybridized carbons (Fsp3) is 0. The van der Waals surface area contributed by atoms with E-state index in [9.17, 15) is 18.4 Å². The number of carbonyl (C=O) groups is 2. The van der Waals surface area contributed by atoms with Crippen LogP contribution >= 0.6 is 0 Å². The summed E-state index contributed by atoms with van der Waals surface area (Å²) in [6.45, 7) is 0. The number of carbonyl (C=O) groups excluding carboxylic acids is 2. The summed E-state index contributed by atoms with van der Waals surface area (Å²) in [5.74, 6) is -2.30. The standard InChI is InChI=1S/C22H13F2N3O2/c23-16-3-1-2-14(8-16)22(29)27-18-10-15(9-17(24)12-18)21(28)13-4-5-19-20(11-13)26-7-6-25-19/h1-12H,(H,27,29). The van der Waals surface area contributed by atoms with Crippen molar-refractivity contribution in [1.29, 1.82) is 0 Å². The van der Waals surface area contributed by atoms with Gasteiger partial charge in [-0.05, 0) is 54.6 Å². The number of amides is 1. The molecule has 0 aliphatic rings. The van der Waals surface area contributed by atoms with Gasteiger partial charge < -0.3 is 5.32 Å². The molecule has 0 unspecified atom stereocenters. The molecule has 0 radical (unpaired) electrons. The number of hydrogen-bond acceptors (Lipinski definition) is 4. The largest absolute Gasteiger partial charge is 0.322 e. The van der Waals surface area contributed by atoms with E-state index in [0.29, 0.717) is 16.6 Å². The zero-order chi connectivity index (χ0) is 20.4. The molecule has 0 spiro atoms. The quantitative estimate of drug-likeness (QED) is 0.526. The molecule has 0 saturated heterocycles. The van der Waals surface area contributed by atoms with Crippen LogP contribution < -0.4 is 5.32 Å². The normalized spacial score (nSPS) is 10.7. The fourth-order valence-corrected chi connectivity index (χ4v) is 2.90. The van der Waals surface area contributed by atoms with Crippen LogP contribution in [0.15, 0.2) is 73.1 Å². The van der Waals surface area contributed by atoms with Gasteiger partial charge in [0.25, 0.3) is 5.91 Å². The summed E-state index contributed by atoms with van der Waals surface area (Å²) in [5.41, 5.74) is 1.70. The third-order valence-corrected chi connectivity index (χ3v) is 4.24. The molecular formula is C22H13F2N3O2. The van der Waals surface area contributed by atoms with Crippen LogP contribution in [0.25, 0.3) is 11.0 Å². The lowest BCUT2D eigenvalue weighted by Crippen LogP contribution is -2.13. The van der Waals surface area contributed by atoms with Crippen molar-refractivity contribution in [2.45, 2.75) is 0 Å². The van der Waals surface area contributed by atoms with E-state index in [0.717, 1.165) is 18.2 Å². The Balaban J connectivity index is 1.63. The lowest BCUT2D eigenvalue weighted by Gasteiger charge is -2.09. The van der Waals surface area contributed by atoms with Gasteiger partial charge in [0, 0.05) is 34.8 Å². The Bertz CT molecular complexity index is 1260. The van der Waals surface area contributed by atoms with Crippen LogP contribution in [0, 0.1) is 11.6 Å². The molecular weight excluding hydrogens is 376 g/mol. The third-order valence-electron chi connectivity index (χ3n) is 4.24. The fourth-order valence-electron chi connectivity index (χ4n) is 2.90. The Hall–Kier alpha value is -4.00. The second-order valence-electron chi connectivity index (χ2n) is 6.28. The molecule has 0 atom stereocenters. The first-order chi connectivity index (χ1) is 14.0. The number of nitrogens with one attached hydrogen (secondary N) is 1. The summed E-state index contributed by atoms with van der Waals surface area (Å²) >= 11 is 0. The second kappa shape index (κ2) is 7.55.